The van der Waals surface area contributed by atoms with Crippen molar-refractivity contribution in [3.63, 3.8) is 0 Å². The fraction of sp³-hybridized carbons (Fsp3) is 0.250. The zero-order valence-electron chi connectivity index (χ0n) is 10.2. The van der Waals surface area contributed by atoms with E-state index in [9.17, 15) is 0 Å². The topological polar surface area (TPSA) is 0 Å². The average molecular weight is 210 g/mol. The van der Waals surface area contributed by atoms with Crippen molar-refractivity contribution in [3.05, 3.63) is 59.7 Å². The molecule has 0 radical (unpaired) electrons. The average Bonchev–Trinajstić information content (AvgIpc) is 2.29. The zero-order chi connectivity index (χ0) is 11.5. The van der Waals surface area contributed by atoms with Gasteiger partial charge in [0.2, 0.25) is 0 Å². The Morgan fingerprint density at radius 3 is 2.12 bits per heavy atom. The van der Waals surface area contributed by atoms with Crippen molar-refractivity contribution in [2.24, 2.45) is 0 Å². The highest BCUT2D eigenvalue weighted by Crippen LogP contribution is 2.31. The first-order valence-electron chi connectivity index (χ1n) is 5.85. The lowest BCUT2D eigenvalue weighted by atomic mass is 9.89. The third kappa shape index (κ3) is 2.01. The van der Waals surface area contributed by atoms with Crippen LogP contribution in [0.3, 0.4) is 0 Å². The standard InChI is InChI=1S/C16H18/c1-12(2)16-13(3)8-7-11-15(16)14-9-5-4-6-10-14/h4-12H,1-3H3. The normalized spacial score (nSPS) is 10.8. The second kappa shape index (κ2) is 4.52. The minimum Gasteiger partial charge on any atom is -0.0622 e. The summed E-state index contributed by atoms with van der Waals surface area (Å²) in [5, 5.41) is 0. The van der Waals surface area contributed by atoms with Gasteiger partial charge in [-0.2, -0.15) is 0 Å². The smallest absolute Gasteiger partial charge is 0.0147 e. The Hall–Kier alpha value is -1.56. The summed E-state index contributed by atoms with van der Waals surface area (Å²) in [6.07, 6.45) is 0. The van der Waals surface area contributed by atoms with E-state index in [0.717, 1.165) is 0 Å². The molecule has 2 rings (SSSR count). The van der Waals surface area contributed by atoms with E-state index in [0.29, 0.717) is 5.92 Å². The number of benzene rings is 2. The molecule has 0 amide bonds. The van der Waals surface area contributed by atoms with Crippen LogP contribution in [0.15, 0.2) is 48.5 Å². The van der Waals surface area contributed by atoms with E-state index in [1.165, 1.54) is 22.3 Å². The lowest BCUT2D eigenvalue weighted by molar-refractivity contribution is 0.859. The first-order chi connectivity index (χ1) is 7.70. The van der Waals surface area contributed by atoms with E-state index in [2.05, 4.69) is 69.3 Å². The number of rotatable bonds is 2. The fourth-order valence-electron chi connectivity index (χ4n) is 2.32. The molecule has 0 heterocycles. The van der Waals surface area contributed by atoms with Crippen LogP contribution in [0, 0.1) is 6.92 Å². The molecule has 0 aliphatic carbocycles. The van der Waals surface area contributed by atoms with Gasteiger partial charge in [-0.15, -0.1) is 0 Å². The molecule has 0 aromatic heterocycles. The summed E-state index contributed by atoms with van der Waals surface area (Å²) in [7, 11) is 0. The summed E-state index contributed by atoms with van der Waals surface area (Å²) in [6, 6.07) is 17.2. The Morgan fingerprint density at radius 1 is 0.812 bits per heavy atom. The molecule has 0 spiro atoms. The number of hydrogen-bond donors (Lipinski definition) is 0. The Morgan fingerprint density at radius 2 is 1.50 bits per heavy atom. The molecular formula is C16H18. The SMILES string of the molecule is Cc1cccc(-c2ccccc2)c1C(C)C. The second-order valence-electron chi connectivity index (χ2n) is 4.56. The van der Waals surface area contributed by atoms with Crippen molar-refractivity contribution in [3.8, 4) is 11.1 Å². The largest absolute Gasteiger partial charge is 0.0622 e. The molecule has 0 saturated carbocycles. The van der Waals surface area contributed by atoms with E-state index in [1.807, 2.05) is 0 Å². The van der Waals surface area contributed by atoms with Crippen LogP contribution >= 0.6 is 0 Å². The molecule has 0 aliphatic heterocycles. The summed E-state index contributed by atoms with van der Waals surface area (Å²) < 4.78 is 0. The van der Waals surface area contributed by atoms with Crippen LogP contribution in [0.4, 0.5) is 0 Å². The molecule has 0 N–H and O–H groups in total. The third-order valence-corrected chi connectivity index (χ3v) is 2.99. The van der Waals surface area contributed by atoms with Gasteiger partial charge in [-0.3, -0.25) is 0 Å². The Kier molecular flexibility index (Phi) is 3.09. The molecule has 0 heteroatoms. The second-order valence-corrected chi connectivity index (χ2v) is 4.56. The number of aryl methyl sites for hydroxylation is 1. The van der Waals surface area contributed by atoms with Crippen LogP contribution in [0.5, 0.6) is 0 Å². The summed E-state index contributed by atoms with van der Waals surface area (Å²) in [4.78, 5) is 0. The van der Waals surface area contributed by atoms with E-state index in [4.69, 9.17) is 0 Å². The van der Waals surface area contributed by atoms with Crippen LogP contribution < -0.4 is 0 Å². The summed E-state index contributed by atoms with van der Waals surface area (Å²) in [5.41, 5.74) is 5.54. The summed E-state index contributed by atoms with van der Waals surface area (Å²) in [6.45, 7) is 6.71. The first-order valence-corrected chi connectivity index (χ1v) is 5.85. The molecule has 0 atom stereocenters. The maximum atomic E-state index is 2.26. The van der Waals surface area contributed by atoms with Gasteiger partial charge >= 0.3 is 0 Å². The summed E-state index contributed by atoms with van der Waals surface area (Å²) in [5.74, 6) is 0.566. The van der Waals surface area contributed by atoms with Crippen molar-refractivity contribution in [1.29, 1.82) is 0 Å². The summed E-state index contributed by atoms with van der Waals surface area (Å²) >= 11 is 0. The predicted octanol–water partition coefficient (Wildman–Crippen LogP) is 4.79. The fourth-order valence-corrected chi connectivity index (χ4v) is 2.32. The Balaban J connectivity index is 2.61. The van der Waals surface area contributed by atoms with E-state index in [1.54, 1.807) is 0 Å². The molecule has 2 aromatic carbocycles. The van der Waals surface area contributed by atoms with Gasteiger partial charge in [0, 0.05) is 0 Å². The minimum absolute atomic E-state index is 0.566. The van der Waals surface area contributed by atoms with E-state index < -0.39 is 0 Å². The Bertz CT molecular complexity index is 467. The minimum atomic E-state index is 0.566. The van der Waals surface area contributed by atoms with Gasteiger partial charge in [0.05, 0.1) is 0 Å². The van der Waals surface area contributed by atoms with E-state index in [-0.39, 0.29) is 0 Å². The van der Waals surface area contributed by atoms with Gasteiger partial charge in [-0.25, -0.2) is 0 Å². The van der Waals surface area contributed by atoms with Crippen LogP contribution in [0.25, 0.3) is 11.1 Å². The van der Waals surface area contributed by atoms with Crippen molar-refractivity contribution < 1.29 is 0 Å². The molecule has 0 bridgehead atoms. The van der Waals surface area contributed by atoms with E-state index >= 15 is 0 Å². The molecule has 82 valence electrons. The molecule has 2 aromatic rings. The van der Waals surface area contributed by atoms with Crippen molar-refractivity contribution in [1.82, 2.24) is 0 Å². The molecule has 0 unspecified atom stereocenters. The molecule has 0 saturated heterocycles. The van der Waals surface area contributed by atoms with Gasteiger partial charge < -0.3 is 0 Å². The molecule has 0 aliphatic rings. The van der Waals surface area contributed by atoms with Gasteiger partial charge in [0.1, 0.15) is 0 Å². The zero-order valence-corrected chi connectivity index (χ0v) is 10.2. The van der Waals surface area contributed by atoms with Crippen molar-refractivity contribution in [2.75, 3.05) is 0 Å². The predicted molar refractivity (Wildman–Crippen MR) is 70.7 cm³/mol. The van der Waals surface area contributed by atoms with Gasteiger partial charge in [0.25, 0.3) is 0 Å². The molecule has 0 fully saturated rings. The molecular weight excluding hydrogens is 192 g/mol. The maximum Gasteiger partial charge on any atom is -0.0147 e. The lowest BCUT2D eigenvalue weighted by Gasteiger charge is -2.16. The molecule has 0 nitrogen and oxygen atoms in total. The van der Waals surface area contributed by atoms with Crippen LogP contribution in [0.2, 0.25) is 0 Å². The first kappa shape index (κ1) is 10.9. The van der Waals surface area contributed by atoms with Crippen LogP contribution in [0.1, 0.15) is 30.9 Å². The highest BCUT2D eigenvalue weighted by Gasteiger charge is 2.10. The number of hydrogen-bond acceptors (Lipinski definition) is 0. The quantitative estimate of drug-likeness (QED) is 0.668. The lowest BCUT2D eigenvalue weighted by Crippen LogP contribution is -1.95. The Labute approximate surface area is 97.9 Å². The van der Waals surface area contributed by atoms with Crippen molar-refractivity contribution in [2.45, 2.75) is 26.7 Å². The van der Waals surface area contributed by atoms with Gasteiger partial charge in [-0.05, 0) is 35.1 Å². The monoisotopic (exact) mass is 210 g/mol. The van der Waals surface area contributed by atoms with Gasteiger partial charge in [0.15, 0.2) is 0 Å². The highest BCUT2D eigenvalue weighted by atomic mass is 14.1. The molecule has 16 heavy (non-hydrogen) atoms. The van der Waals surface area contributed by atoms with Crippen LogP contribution in [-0.4, -0.2) is 0 Å². The van der Waals surface area contributed by atoms with Crippen molar-refractivity contribution >= 4 is 0 Å². The maximum absolute atomic E-state index is 2.26. The van der Waals surface area contributed by atoms with Gasteiger partial charge in [-0.1, -0.05) is 62.4 Å². The third-order valence-electron chi connectivity index (χ3n) is 2.99. The highest BCUT2D eigenvalue weighted by molar-refractivity contribution is 5.69. The van der Waals surface area contributed by atoms with Crippen LogP contribution in [-0.2, 0) is 0 Å².